The molecule has 1 aromatic heterocycles. The Morgan fingerprint density at radius 3 is 3.00 bits per heavy atom. The van der Waals surface area contributed by atoms with Crippen LogP contribution in [0.15, 0.2) is 11.4 Å². The Labute approximate surface area is 131 Å². The third kappa shape index (κ3) is 6.30. The molecule has 21 heavy (non-hydrogen) atoms. The first-order valence-corrected chi connectivity index (χ1v) is 8.13. The van der Waals surface area contributed by atoms with E-state index < -0.39 is 0 Å². The number of likely N-dealkylation sites (N-methyl/N-ethyl adjacent to an activating group) is 1. The molecular formula is C16H24N2O2S. The molecule has 1 unspecified atom stereocenters. The van der Waals surface area contributed by atoms with Crippen molar-refractivity contribution in [2.24, 2.45) is 0 Å². The molecule has 0 fully saturated rings. The predicted octanol–water partition coefficient (Wildman–Crippen LogP) is 1.94. The maximum atomic E-state index is 12.0. The van der Waals surface area contributed by atoms with E-state index in [1.807, 2.05) is 5.38 Å². The Bertz CT molecular complexity index is 502. The van der Waals surface area contributed by atoms with Gasteiger partial charge in [0.15, 0.2) is 0 Å². The van der Waals surface area contributed by atoms with Crippen molar-refractivity contribution in [3.63, 3.8) is 0 Å². The molecule has 0 spiro atoms. The molecule has 116 valence electrons. The van der Waals surface area contributed by atoms with Gasteiger partial charge in [-0.3, -0.25) is 4.79 Å². The number of nitrogens with one attached hydrogen (secondary N) is 1. The highest BCUT2D eigenvalue weighted by Gasteiger charge is 2.09. The lowest BCUT2D eigenvalue weighted by atomic mass is 10.2. The number of carbonyl (C=O) groups excluding carboxylic acids is 1. The Morgan fingerprint density at radius 2 is 2.33 bits per heavy atom. The number of hydrogen-bond acceptors (Lipinski definition) is 4. The zero-order valence-electron chi connectivity index (χ0n) is 13.0. The number of nitrogens with zero attached hydrogens (tertiary/aromatic N) is 1. The summed E-state index contributed by atoms with van der Waals surface area (Å²) in [6.45, 7) is 5.88. The van der Waals surface area contributed by atoms with Crippen LogP contribution in [0.2, 0.25) is 0 Å². The fraction of sp³-hybridized carbons (Fsp3) is 0.562. The third-order valence-corrected chi connectivity index (χ3v) is 4.25. The topological polar surface area (TPSA) is 52.6 Å². The molecule has 1 heterocycles. The lowest BCUT2D eigenvalue weighted by molar-refractivity contribution is 0.0948. The standard InChI is InChI=1S/C16H24N2O2S/c1-4-13(2)18(3)9-8-17-16(20)14-11-15(21-12-14)7-5-6-10-19/h11-13,19H,4,6,8-10H2,1-3H3,(H,17,20). The molecule has 0 saturated carbocycles. The molecule has 1 rings (SSSR count). The van der Waals surface area contributed by atoms with Gasteiger partial charge in [0.05, 0.1) is 17.0 Å². The Balaban J connectivity index is 2.41. The molecule has 4 nitrogen and oxygen atoms in total. The average Bonchev–Trinajstić information content (AvgIpc) is 2.95. The summed E-state index contributed by atoms with van der Waals surface area (Å²) in [5.41, 5.74) is 0.652. The van der Waals surface area contributed by atoms with Crippen molar-refractivity contribution < 1.29 is 9.90 Å². The van der Waals surface area contributed by atoms with Crippen LogP contribution in [0.3, 0.4) is 0 Å². The highest BCUT2D eigenvalue weighted by molar-refractivity contribution is 7.10. The molecule has 5 heteroatoms. The molecule has 0 radical (unpaired) electrons. The van der Waals surface area contributed by atoms with Crippen LogP contribution < -0.4 is 5.32 Å². The Morgan fingerprint density at radius 1 is 1.57 bits per heavy atom. The van der Waals surface area contributed by atoms with Gasteiger partial charge in [-0.15, -0.1) is 11.3 Å². The van der Waals surface area contributed by atoms with Crippen molar-refractivity contribution in [3.8, 4) is 11.8 Å². The Kier molecular flexibility index (Phi) is 8.06. The maximum absolute atomic E-state index is 12.0. The van der Waals surface area contributed by atoms with E-state index in [9.17, 15) is 4.79 Å². The van der Waals surface area contributed by atoms with E-state index in [2.05, 4.69) is 43.0 Å². The lowest BCUT2D eigenvalue weighted by Gasteiger charge is -2.23. The molecule has 2 N–H and O–H groups in total. The Hall–Kier alpha value is -1.35. The number of hydrogen-bond donors (Lipinski definition) is 2. The lowest BCUT2D eigenvalue weighted by Crippen LogP contribution is -2.36. The van der Waals surface area contributed by atoms with Crippen molar-refractivity contribution in [2.45, 2.75) is 32.7 Å². The summed E-state index contributed by atoms with van der Waals surface area (Å²) < 4.78 is 0. The number of carbonyl (C=O) groups is 1. The first-order chi connectivity index (χ1) is 10.1. The number of thiophene rings is 1. The molecule has 0 saturated heterocycles. The molecule has 1 amide bonds. The molecule has 0 aromatic carbocycles. The van der Waals surface area contributed by atoms with Gasteiger partial charge in [-0.2, -0.15) is 0 Å². The number of amides is 1. The van der Waals surface area contributed by atoms with Gasteiger partial charge in [0.25, 0.3) is 5.91 Å². The summed E-state index contributed by atoms with van der Waals surface area (Å²) in [6.07, 6.45) is 1.56. The predicted molar refractivity (Wildman–Crippen MR) is 87.6 cm³/mol. The van der Waals surface area contributed by atoms with Crippen LogP contribution in [0.1, 0.15) is 41.9 Å². The fourth-order valence-corrected chi connectivity index (χ4v) is 2.46. The quantitative estimate of drug-likeness (QED) is 0.757. The smallest absolute Gasteiger partial charge is 0.252 e. The summed E-state index contributed by atoms with van der Waals surface area (Å²) >= 11 is 1.45. The van der Waals surface area contributed by atoms with E-state index in [0.29, 0.717) is 24.6 Å². The fourth-order valence-electron chi connectivity index (χ4n) is 1.71. The molecular weight excluding hydrogens is 284 g/mol. The summed E-state index contributed by atoms with van der Waals surface area (Å²) in [6, 6.07) is 2.32. The second kappa shape index (κ2) is 9.56. The summed E-state index contributed by atoms with van der Waals surface area (Å²) in [5.74, 6) is 5.73. The van der Waals surface area contributed by atoms with Crippen LogP contribution >= 0.6 is 11.3 Å². The second-order valence-corrected chi connectivity index (χ2v) is 5.88. The minimum absolute atomic E-state index is 0.0565. The number of aliphatic hydroxyl groups is 1. The average molecular weight is 308 g/mol. The molecule has 0 aliphatic rings. The van der Waals surface area contributed by atoms with Crippen LogP contribution in [0.4, 0.5) is 0 Å². The normalized spacial score (nSPS) is 11.9. The largest absolute Gasteiger partial charge is 0.395 e. The first kappa shape index (κ1) is 17.7. The van der Waals surface area contributed by atoms with E-state index >= 15 is 0 Å². The number of rotatable bonds is 7. The van der Waals surface area contributed by atoms with Crippen molar-refractivity contribution in [1.82, 2.24) is 10.2 Å². The first-order valence-electron chi connectivity index (χ1n) is 7.25. The minimum atomic E-state index is -0.0565. The van der Waals surface area contributed by atoms with Gasteiger partial charge in [-0.25, -0.2) is 0 Å². The SMILES string of the molecule is CCC(C)N(C)CCNC(=O)c1csc(C#CCCO)c1. The third-order valence-electron chi connectivity index (χ3n) is 3.40. The van der Waals surface area contributed by atoms with Gasteiger partial charge in [0, 0.05) is 30.9 Å². The summed E-state index contributed by atoms with van der Waals surface area (Å²) in [4.78, 5) is 15.1. The highest BCUT2D eigenvalue weighted by atomic mass is 32.1. The highest BCUT2D eigenvalue weighted by Crippen LogP contribution is 2.13. The van der Waals surface area contributed by atoms with Gasteiger partial charge >= 0.3 is 0 Å². The van der Waals surface area contributed by atoms with E-state index in [1.54, 1.807) is 6.07 Å². The molecule has 0 aliphatic heterocycles. The monoisotopic (exact) mass is 308 g/mol. The van der Waals surface area contributed by atoms with E-state index in [0.717, 1.165) is 17.8 Å². The molecule has 0 aliphatic carbocycles. The summed E-state index contributed by atoms with van der Waals surface area (Å²) in [7, 11) is 2.07. The van der Waals surface area contributed by atoms with Crippen molar-refractivity contribution in [2.75, 3.05) is 26.7 Å². The van der Waals surface area contributed by atoms with Crippen molar-refractivity contribution in [3.05, 3.63) is 21.9 Å². The van der Waals surface area contributed by atoms with E-state index in [1.165, 1.54) is 11.3 Å². The second-order valence-electron chi connectivity index (χ2n) is 4.97. The molecule has 1 aromatic rings. The van der Waals surface area contributed by atoms with Crippen LogP contribution in [0.25, 0.3) is 0 Å². The van der Waals surface area contributed by atoms with Gasteiger partial charge in [0.2, 0.25) is 0 Å². The number of aliphatic hydroxyl groups excluding tert-OH is 1. The van der Waals surface area contributed by atoms with Crippen LogP contribution in [0, 0.1) is 11.8 Å². The van der Waals surface area contributed by atoms with Crippen molar-refractivity contribution in [1.29, 1.82) is 0 Å². The maximum Gasteiger partial charge on any atom is 0.252 e. The zero-order chi connectivity index (χ0) is 15.7. The van der Waals surface area contributed by atoms with Crippen LogP contribution in [0.5, 0.6) is 0 Å². The zero-order valence-corrected chi connectivity index (χ0v) is 13.8. The van der Waals surface area contributed by atoms with E-state index in [4.69, 9.17) is 5.11 Å². The van der Waals surface area contributed by atoms with Crippen molar-refractivity contribution >= 4 is 17.2 Å². The van der Waals surface area contributed by atoms with Crippen LogP contribution in [-0.2, 0) is 0 Å². The summed E-state index contributed by atoms with van der Waals surface area (Å²) in [5, 5.41) is 13.4. The van der Waals surface area contributed by atoms with Gasteiger partial charge in [0.1, 0.15) is 0 Å². The minimum Gasteiger partial charge on any atom is -0.395 e. The van der Waals surface area contributed by atoms with E-state index in [-0.39, 0.29) is 12.5 Å². The van der Waals surface area contributed by atoms with Crippen LogP contribution in [-0.4, -0.2) is 48.7 Å². The van der Waals surface area contributed by atoms with Gasteiger partial charge in [-0.1, -0.05) is 18.8 Å². The molecule has 0 bridgehead atoms. The molecule has 1 atom stereocenters. The van der Waals surface area contributed by atoms with Gasteiger partial charge in [-0.05, 0) is 26.5 Å². The van der Waals surface area contributed by atoms with Gasteiger partial charge < -0.3 is 15.3 Å².